The number of nitrogens with zero attached hydrogens (tertiary/aromatic N) is 5. The topological polar surface area (TPSA) is 63.4 Å². The lowest BCUT2D eigenvalue weighted by atomic mass is 10.1. The van der Waals surface area contributed by atoms with Crippen molar-refractivity contribution in [1.29, 1.82) is 0 Å². The van der Waals surface area contributed by atoms with Crippen LogP contribution in [-0.2, 0) is 4.79 Å². The molecule has 0 amide bonds. The van der Waals surface area contributed by atoms with E-state index in [2.05, 4.69) is 20.2 Å². The summed E-state index contributed by atoms with van der Waals surface area (Å²) in [5.74, 6) is 1.21. The highest BCUT2D eigenvalue weighted by molar-refractivity contribution is 5.80. The van der Waals surface area contributed by atoms with Gasteiger partial charge in [-0.1, -0.05) is 0 Å². The molecule has 1 aliphatic heterocycles. The van der Waals surface area contributed by atoms with E-state index in [4.69, 9.17) is 0 Å². The lowest BCUT2D eigenvalue weighted by Crippen LogP contribution is -2.34. The van der Waals surface area contributed by atoms with Gasteiger partial charge in [0.15, 0.2) is 5.65 Å². The summed E-state index contributed by atoms with van der Waals surface area (Å²) in [6, 6.07) is 3.80. The van der Waals surface area contributed by atoms with Crippen LogP contribution in [0.1, 0.15) is 12.8 Å². The van der Waals surface area contributed by atoms with Crippen LogP contribution in [0.3, 0.4) is 0 Å². The fourth-order valence-electron chi connectivity index (χ4n) is 1.87. The molecule has 0 aromatic carbocycles. The largest absolute Gasteiger partial charge is 0.354 e. The van der Waals surface area contributed by atoms with Gasteiger partial charge in [0, 0.05) is 25.9 Å². The van der Waals surface area contributed by atoms with Gasteiger partial charge in [0.1, 0.15) is 17.9 Å². The molecule has 16 heavy (non-hydrogen) atoms. The fourth-order valence-corrected chi connectivity index (χ4v) is 1.87. The summed E-state index contributed by atoms with van der Waals surface area (Å²) >= 11 is 0. The van der Waals surface area contributed by atoms with Crippen molar-refractivity contribution in [1.82, 2.24) is 19.8 Å². The van der Waals surface area contributed by atoms with Crippen molar-refractivity contribution >= 4 is 17.2 Å². The minimum atomic E-state index is 0.335. The molecule has 0 spiro atoms. The number of piperidine rings is 1. The first-order valence-electron chi connectivity index (χ1n) is 5.27. The molecule has 82 valence electrons. The third-order valence-corrected chi connectivity index (χ3v) is 2.79. The number of carbonyl (C=O) groups is 1. The van der Waals surface area contributed by atoms with Gasteiger partial charge in [-0.2, -0.15) is 4.52 Å². The molecular weight excluding hydrogens is 206 g/mol. The van der Waals surface area contributed by atoms with E-state index >= 15 is 0 Å². The molecular formula is C10H11N5O. The third-order valence-electron chi connectivity index (χ3n) is 2.79. The van der Waals surface area contributed by atoms with Gasteiger partial charge in [0.2, 0.25) is 0 Å². The lowest BCUT2D eigenvalue weighted by molar-refractivity contribution is -0.119. The van der Waals surface area contributed by atoms with E-state index in [0.717, 1.165) is 24.6 Å². The number of hydrogen-bond donors (Lipinski definition) is 0. The average Bonchev–Trinajstić information content (AvgIpc) is 2.77. The second-order valence-corrected chi connectivity index (χ2v) is 3.85. The van der Waals surface area contributed by atoms with Crippen molar-refractivity contribution in [3.05, 3.63) is 18.5 Å². The van der Waals surface area contributed by atoms with Crippen molar-refractivity contribution < 1.29 is 4.79 Å². The number of carbonyl (C=O) groups excluding carboxylic acids is 1. The van der Waals surface area contributed by atoms with Gasteiger partial charge in [0.25, 0.3) is 0 Å². The van der Waals surface area contributed by atoms with Crippen molar-refractivity contribution in [2.24, 2.45) is 0 Å². The Morgan fingerprint density at radius 2 is 2.00 bits per heavy atom. The Hall–Kier alpha value is -1.98. The van der Waals surface area contributed by atoms with Gasteiger partial charge in [-0.15, -0.1) is 15.3 Å². The monoisotopic (exact) mass is 217 g/mol. The Morgan fingerprint density at radius 3 is 2.81 bits per heavy atom. The van der Waals surface area contributed by atoms with Gasteiger partial charge in [0.05, 0.1) is 0 Å². The summed E-state index contributed by atoms with van der Waals surface area (Å²) in [7, 11) is 0. The molecule has 0 saturated carbocycles. The van der Waals surface area contributed by atoms with Crippen LogP contribution in [0, 0.1) is 0 Å². The van der Waals surface area contributed by atoms with Crippen LogP contribution in [0.2, 0.25) is 0 Å². The first kappa shape index (κ1) is 9.26. The highest BCUT2D eigenvalue weighted by atomic mass is 16.1. The van der Waals surface area contributed by atoms with Crippen LogP contribution < -0.4 is 4.90 Å². The number of Topliss-reactive ketones (excluding diaryl/α,β-unsaturated/α-hetero) is 1. The van der Waals surface area contributed by atoms with E-state index in [0.29, 0.717) is 18.6 Å². The number of fused-ring (bicyclic) bond motifs is 1. The minimum Gasteiger partial charge on any atom is -0.354 e. The summed E-state index contributed by atoms with van der Waals surface area (Å²) in [5.41, 5.74) is 0.733. The Kier molecular flexibility index (Phi) is 2.05. The molecule has 6 nitrogen and oxygen atoms in total. The summed E-state index contributed by atoms with van der Waals surface area (Å²) in [6.07, 6.45) is 2.80. The van der Waals surface area contributed by atoms with Gasteiger partial charge >= 0.3 is 0 Å². The van der Waals surface area contributed by atoms with Crippen LogP contribution in [0.15, 0.2) is 18.5 Å². The number of rotatable bonds is 1. The van der Waals surface area contributed by atoms with E-state index in [1.807, 2.05) is 12.1 Å². The van der Waals surface area contributed by atoms with Gasteiger partial charge in [-0.25, -0.2) is 0 Å². The Morgan fingerprint density at radius 1 is 1.19 bits per heavy atom. The molecule has 1 saturated heterocycles. The minimum absolute atomic E-state index is 0.335. The molecule has 1 aliphatic rings. The van der Waals surface area contributed by atoms with Crippen molar-refractivity contribution in [2.45, 2.75) is 12.8 Å². The Balaban J connectivity index is 1.90. The van der Waals surface area contributed by atoms with Gasteiger partial charge in [-0.05, 0) is 12.1 Å². The second-order valence-electron chi connectivity index (χ2n) is 3.85. The van der Waals surface area contributed by atoms with E-state index in [-0.39, 0.29) is 0 Å². The van der Waals surface area contributed by atoms with Crippen LogP contribution in [0.4, 0.5) is 5.82 Å². The molecule has 0 unspecified atom stereocenters. The zero-order valence-electron chi connectivity index (χ0n) is 8.70. The van der Waals surface area contributed by atoms with Crippen LogP contribution in [-0.4, -0.2) is 38.7 Å². The SMILES string of the molecule is O=C1CCN(c2ccc3nncn3n2)CC1. The Labute approximate surface area is 91.9 Å². The average molecular weight is 217 g/mol. The third kappa shape index (κ3) is 1.52. The molecule has 3 rings (SSSR count). The van der Waals surface area contributed by atoms with Gasteiger partial charge in [-0.3, -0.25) is 4.79 Å². The quantitative estimate of drug-likeness (QED) is 0.687. The summed E-state index contributed by atoms with van der Waals surface area (Å²) in [5, 5.41) is 12.1. The number of hydrogen-bond acceptors (Lipinski definition) is 5. The number of ketones is 1. The molecule has 0 bridgehead atoms. The van der Waals surface area contributed by atoms with E-state index in [9.17, 15) is 4.79 Å². The fraction of sp³-hybridized carbons (Fsp3) is 0.400. The smallest absolute Gasteiger partial charge is 0.177 e. The summed E-state index contributed by atoms with van der Waals surface area (Å²) in [4.78, 5) is 13.3. The molecule has 2 aromatic heterocycles. The van der Waals surface area contributed by atoms with E-state index in [1.165, 1.54) is 0 Å². The maximum absolute atomic E-state index is 11.1. The van der Waals surface area contributed by atoms with E-state index < -0.39 is 0 Å². The van der Waals surface area contributed by atoms with Gasteiger partial charge < -0.3 is 4.90 Å². The van der Waals surface area contributed by atoms with Crippen molar-refractivity contribution in [3.8, 4) is 0 Å². The van der Waals surface area contributed by atoms with Crippen molar-refractivity contribution in [3.63, 3.8) is 0 Å². The normalized spacial score (nSPS) is 17.0. The molecule has 6 heteroatoms. The highest BCUT2D eigenvalue weighted by Crippen LogP contribution is 2.15. The van der Waals surface area contributed by atoms with Crippen LogP contribution >= 0.6 is 0 Å². The first-order valence-corrected chi connectivity index (χ1v) is 5.27. The molecule has 1 fully saturated rings. The first-order chi connectivity index (χ1) is 7.83. The molecule has 3 heterocycles. The lowest BCUT2D eigenvalue weighted by Gasteiger charge is -2.26. The van der Waals surface area contributed by atoms with Crippen LogP contribution in [0.25, 0.3) is 5.65 Å². The zero-order valence-corrected chi connectivity index (χ0v) is 8.70. The molecule has 0 atom stereocenters. The van der Waals surface area contributed by atoms with Crippen LogP contribution in [0.5, 0.6) is 0 Å². The van der Waals surface area contributed by atoms with Crippen molar-refractivity contribution in [2.75, 3.05) is 18.0 Å². The molecule has 0 aliphatic carbocycles. The molecule has 0 N–H and O–H groups in total. The number of anilines is 1. The molecule has 2 aromatic rings. The predicted octanol–water partition coefficient (Wildman–Crippen LogP) is 0.294. The van der Waals surface area contributed by atoms with E-state index in [1.54, 1.807) is 10.8 Å². The standard InChI is InChI=1S/C10H11N5O/c16-8-3-5-14(6-4-8)10-2-1-9-12-11-7-15(9)13-10/h1-2,7H,3-6H2. The maximum Gasteiger partial charge on any atom is 0.177 e. The maximum atomic E-state index is 11.1. The zero-order chi connectivity index (χ0) is 11.0. The Bertz CT molecular complexity index is 525. The second kappa shape index (κ2) is 3.55. The summed E-state index contributed by atoms with van der Waals surface area (Å²) in [6.45, 7) is 1.50. The summed E-state index contributed by atoms with van der Waals surface area (Å²) < 4.78 is 1.64. The highest BCUT2D eigenvalue weighted by Gasteiger charge is 2.17. The predicted molar refractivity (Wildman–Crippen MR) is 57.2 cm³/mol. The number of aromatic nitrogens is 4. The molecule has 0 radical (unpaired) electrons.